The first kappa shape index (κ1) is 20.3. The van der Waals surface area contributed by atoms with Crippen LogP contribution in [0.5, 0.6) is 0 Å². The van der Waals surface area contributed by atoms with Crippen molar-refractivity contribution in [1.82, 2.24) is 9.80 Å². The Kier molecular flexibility index (Phi) is 6.31. The molecule has 1 aliphatic rings. The van der Waals surface area contributed by atoms with E-state index >= 15 is 0 Å². The summed E-state index contributed by atoms with van der Waals surface area (Å²) in [7, 11) is 1.75. The zero-order chi connectivity index (χ0) is 19.5. The average molecular weight is 370 g/mol. The maximum Gasteiger partial charge on any atom is 0.416 e. The predicted octanol–water partition coefficient (Wildman–Crippen LogP) is 3.70. The molecule has 7 heteroatoms. The van der Waals surface area contributed by atoms with Gasteiger partial charge in [0.25, 0.3) is 0 Å². The maximum atomic E-state index is 12.8. The van der Waals surface area contributed by atoms with Crippen LogP contribution in [0.25, 0.3) is 0 Å². The fraction of sp³-hybridized carbons (Fsp3) is 0.579. The highest BCUT2D eigenvalue weighted by Crippen LogP contribution is 2.30. The largest absolute Gasteiger partial charge is 0.416 e. The third-order valence-electron chi connectivity index (χ3n) is 5.03. The second-order valence-electron chi connectivity index (χ2n) is 6.79. The van der Waals surface area contributed by atoms with Gasteiger partial charge in [-0.1, -0.05) is 26.0 Å². The van der Waals surface area contributed by atoms with Crippen LogP contribution in [-0.2, 0) is 22.3 Å². The minimum absolute atomic E-state index is 0.0707. The Hall–Kier alpha value is -2.05. The maximum absolute atomic E-state index is 12.8. The van der Waals surface area contributed by atoms with E-state index in [4.69, 9.17) is 0 Å². The van der Waals surface area contributed by atoms with Gasteiger partial charge in [-0.15, -0.1) is 0 Å². The van der Waals surface area contributed by atoms with Crippen molar-refractivity contribution in [2.24, 2.45) is 5.92 Å². The number of alkyl halides is 3. The minimum Gasteiger partial charge on any atom is -0.342 e. The Morgan fingerprint density at radius 1 is 1.31 bits per heavy atom. The number of halogens is 3. The van der Waals surface area contributed by atoms with Gasteiger partial charge in [0.05, 0.1) is 11.5 Å². The van der Waals surface area contributed by atoms with Gasteiger partial charge in [-0.05, 0) is 30.5 Å². The van der Waals surface area contributed by atoms with Gasteiger partial charge in [0.1, 0.15) is 0 Å². The molecule has 26 heavy (non-hydrogen) atoms. The topological polar surface area (TPSA) is 40.6 Å². The van der Waals surface area contributed by atoms with Crippen molar-refractivity contribution < 1.29 is 22.8 Å². The number of likely N-dealkylation sites (tertiary alicyclic amines) is 1. The highest BCUT2D eigenvalue weighted by Gasteiger charge is 2.37. The molecular weight excluding hydrogens is 345 g/mol. The van der Waals surface area contributed by atoms with Gasteiger partial charge in [-0.25, -0.2) is 0 Å². The van der Waals surface area contributed by atoms with Crippen LogP contribution in [0.1, 0.15) is 44.2 Å². The van der Waals surface area contributed by atoms with Crippen molar-refractivity contribution in [3.8, 4) is 0 Å². The standard InChI is InChI=1S/C19H25F3N2O2/c1-4-16(5-2)23(3)18(26)14-10-17(25)24(12-14)11-13-7-6-8-15(9-13)19(20,21)22/h6-9,14,16H,4-5,10-12H2,1-3H3. The van der Waals surface area contributed by atoms with Gasteiger partial charge in [0.15, 0.2) is 0 Å². The number of rotatable bonds is 6. The normalized spacial score (nSPS) is 17.9. The zero-order valence-electron chi connectivity index (χ0n) is 15.3. The lowest BCUT2D eigenvalue weighted by atomic mass is 10.0. The van der Waals surface area contributed by atoms with Gasteiger partial charge < -0.3 is 9.80 Å². The molecule has 1 saturated heterocycles. The molecule has 1 aromatic rings. The van der Waals surface area contributed by atoms with Gasteiger partial charge in [-0.3, -0.25) is 9.59 Å². The minimum atomic E-state index is -4.42. The summed E-state index contributed by atoms with van der Waals surface area (Å²) in [4.78, 5) is 28.0. The summed E-state index contributed by atoms with van der Waals surface area (Å²) in [5, 5.41) is 0. The number of benzene rings is 1. The monoisotopic (exact) mass is 370 g/mol. The predicted molar refractivity (Wildman–Crippen MR) is 92.1 cm³/mol. The van der Waals surface area contributed by atoms with Crippen LogP contribution >= 0.6 is 0 Å². The number of carbonyl (C=O) groups is 2. The Labute approximate surface area is 152 Å². The molecule has 0 aliphatic carbocycles. The Balaban J connectivity index is 2.05. The molecule has 0 spiro atoms. The van der Waals surface area contributed by atoms with Crippen molar-refractivity contribution in [3.05, 3.63) is 35.4 Å². The SMILES string of the molecule is CCC(CC)N(C)C(=O)C1CC(=O)N(Cc2cccc(C(F)(F)F)c2)C1. The second kappa shape index (κ2) is 8.10. The van der Waals surface area contributed by atoms with Gasteiger partial charge in [-0.2, -0.15) is 13.2 Å². The van der Waals surface area contributed by atoms with E-state index in [1.807, 2.05) is 13.8 Å². The van der Waals surface area contributed by atoms with Crippen molar-refractivity contribution in [2.75, 3.05) is 13.6 Å². The van der Waals surface area contributed by atoms with Crippen molar-refractivity contribution in [3.63, 3.8) is 0 Å². The number of carbonyl (C=O) groups excluding carboxylic acids is 2. The van der Waals surface area contributed by atoms with Crippen LogP contribution < -0.4 is 0 Å². The Morgan fingerprint density at radius 3 is 2.54 bits per heavy atom. The molecule has 0 radical (unpaired) electrons. The van der Waals surface area contributed by atoms with E-state index in [1.165, 1.54) is 11.0 Å². The summed E-state index contributed by atoms with van der Waals surface area (Å²) >= 11 is 0. The van der Waals surface area contributed by atoms with Crippen LogP contribution in [0.2, 0.25) is 0 Å². The number of nitrogens with zero attached hydrogens (tertiary/aromatic N) is 2. The first-order valence-corrected chi connectivity index (χ1v) is 8.87. The van der Waals surface area contributed by atoms with E-state index in [0.29, 0.717) is 5.56 Å². The lowest BCUT2D eigenvalue weighted by Gasteiger charge is -2.28. The molecule has 0 saturated carbocycles. The van der Waals surface area contributed by atoms with E-state index in [9.17, 15) is 22.8 Å². The van der Waals surface area contributed by atoms with Crippen molar-refractivity contribution >= 4 is 11.8 Å². The molecular formula is C19H25F3N2O2. The highest BCUT2D eigenvalue weighted by atomic mass is 19.4. The number of amides is 2. The molecule has 1 aromatic carbocycles. The highest BCUT2D eigenvalue weighted by molar-refractivity contribution is 5.89. The fourth-order valence-corrected chi connectivity index (χ4v) is 3.46. The molecule has 2 amide bonds. The Bertz CT molecular complexity index is 656. The lowest BCUT2D eigenvalue weighted by Crippen LogP contribution is -2.41. The number of hydrogen-bond acceptors (Lipinski definition) is 2. The average Bonchev–Trinajstić information content (AvgIpc) is 2.95. The molecule has 1 atom stereocenters. The molecule has 1 fully saturated rings. The molecule has 1 heterocycles. The molecule has 2 rings (SSSR count). The van der Waals surface area contributed by atoms with Gasteiger partial charge in [0, 0.05) is 32.6 Å². The van der Waals surface area contributed by atoms with E-state index in [2.05, 4.69) is 0 Å². The summed E-state index contributed by atoms with van der Waals surface area (Å²) in [5.74, 6) is -0.698. The molecule has 144 valence electrons. The van der Waals surface area contributed by atoms with E-state index in [1.54, 1.807) is 18.0 Å². The first-order chi connectivity index (χ1) is 12.2. The quantitative estimate of drug-likeness (QED) is 0.766. The van der Waals surface area contributed by atoms with E-state index in [-0.39, 0.29) is 37.4 Å². The van der Waals surface area contributed by atoms with Crippen LogP contribution in [-0.4, -0.2) is 41.2 Å². The zero-order valence-corrected chi connectivity index (χ0v) is 15.3. The van der Waals surface area contributed by atoms with Crippen LogP contribution in [0.3, 0.4) is 0 Å². The van der Waals surface area contributed by atoms with Crippen LogP contribution in [0, 0.1) is 5.92 Å². The summed E-state index contributed by atoms with van der Waals surface area (Å²) < 4.78 is 38.5. The third kappa shape index (κ3) is 4.56. The molecule has 1 aliphatic heterocycles. The fourth-order valence-electron chi connectivity index (χ4n) is 3.46. The summed E-state index contributed by atoms with van der Waals surface area (Å²) in [6.45, 7) is 4.36. The molecule has 0 bridgehead atoms. The molecule has 0 N–H and O–H groups in total. The van der Waals surface area contributed by atoms with E-state index in [0.717, 1.165) is 25.0 Å². The molecule has 4 nitrogen and oxygen atoms in total. The molecule has 0 aromatic heterocycles. The third-order valence-corrected chi connectivity index (χ3v) is 5.03. The Morgan fingerprint density at radius 2 is 1.96 bits per heavy atom. The summed E-state index contributed by atoms with van der Waals surface area (Å²) in [6, 6.07) is 5.09. The van der Waals surface area contributed by atoms with Gasteiger partial charge in [0.2, 0.25) is 11.8 Å². The second-order valence-corrected chi connectivity index (χ2v) is 6.79. The van der Waals surface area contributed by atoms with Gasteiger partial charge >= 0.3 is 6.18 Å². The van der Waals surface area contributed by atoms with Crippen molar-refractivity contribution in [1.29, 1.82) is 0 Å². The van der Waals surface area contributed by atoms with E-state index < -0.39 is 17.7 Å². The lowest BCUT2D eigenvalue weighted by molar-refractivity contribution is -0.137. The smallest absolute Gasteiger partial charge is 0.342 e. The summed E-state index contributed by atoms with van der Waals surface area (Å²) in [5.41, 5.74) is -0.322. The van der Waals surface area contributed by atoms with Crippen LogP contribution in [0.4, 0.5) is 13.2 Å². The molecule has 1 unspecified atom stereocenters. The van der Waals surface area contributed by atoms with Crippen LogP contribution in [0.15, 0.2) is 24.3 Å². The number of hydrogen-bond donors (Lipinski definition) is 0. The summed E-state index contributed by atoms with van der Waals surface area (Å²) in [6.07, 6.45) is -2.62. The van der Waals surface area contributed by atoms with Crippen molar-refractivity contribution in [2.45, 2.75) is 51.9 Å². The first-order valence-electron chi connectivity index (χ1n) is 8.87.